The first-order chi connectivity index (χ1) is 13.8. The zero-order valence-electron chi connectivity index (χ0n) is 16.1. The van der Waals surface area contributed by atoms with E-state index in [0.29, 0.717) is 18.0 Å². The summed E-state index contributed by atoms with van der Waals surface area (Å²) in [6.07, 6.45) is 10.00. The molecule has 1 saturated carbocycles. The van der Waals surface area contributed by atoms with Crippen LogP contribution in [0.15, 0.2) is 48.8 Å². The van der Waals surface area contributed by atoms with Crippen LogP contribution in [0, 0.1) is 11.8 Å². The third-order valence-electron chi connectivity index (χ3n) is 6.48. The summed E-state index contributed by atoms with van der Waals surface area (Å²) in [4.78, 5) is 19.7. The quantitative estimate of drug-likeness (QED) is 0.693. The number of amides is 1. The Morgan fingerprint density at radius 1 is 1.04 bits per heavy atom. The summed E-state index contributed by atoms with van der Waals surface area (Å²) in [7, 11) is 0. The van der Waals surface area contributed by atoms with Crippen LogP contribution in [0.3, 0.4) is 0 Å². The summed E-state index contributed by atoms with van der Waals surface area (Å²) in [5.74, 6) is 1.64. The van der Waals surface area contributed by atoms with Crippen LogP contribution >= 0.6 is 0 Å². The molecule has 1 aromatic carbocycles. The topological polar surface area (TPSA) is 51.0 Å². The highest BCUT2D eigenvalue weighted by molar-refractivity contribution is 5.96. The lowest BCUT2D eigenvalue weighted by Crippen LogP contribution is -2.44. The van der Waals surface area contributed by atoms with Gasteiger partial charge in [0.25, 0.3) is 5.91 Å². The van der Waals surface area contributed by atoms with Crippen LogP contribution in [0.2, 0.25) is 0 Å². The number of fused-ring (bicyclic) bond motifs is 2. The van der Waals surface area contributed by atoms with Crippen LogP contribution in [0.1, 0.15) is 48.0 Å². The minimum Gasteiger partial charge on any atom is -0.338 e. The van der Waals surface area contributed by atoms with Crippen molar-refractivity contribution in [3.05, 3.63) is 59.9 Å². The highest BCUT2D eigenvalue weighted by Crippen LogP contribution is 2.36. The third-order valence-corrected chi connectivity index (χ3v) is 6.48. The molecule has 2 fully saturated rings. The van der Waals surface area contributed by atoms with Crippen LogP contribution in [0.4, 0.5) is 0 Å². The molecule has 2 aliphatic rings. The second-order valence-electron chi connectivity index (χ2n) is 8.27. The molecular weight excluding hydrogens is 348 g/mol. The fourth-order valence-electron chi connectivity index (χ4n) is 4.93. The standard InChI is InChI=1S/C23H26N4O/c28-23(26-11-10-18-8-4-5-9-19(18)16-26)21-12-20-14-25-27(22(20)24-13-21)15-17-6-2-1-3-7-17/h1-3,6-7,12-14,18-19H,4-5,8-11,15-16H2/t18-,19+/m1/s1. The van der Waals surface area contributed by atoms with Crippen LogP contribution < -0.4 is 0 Å². The Labute approximate surface area is 165 Å². The van der Waals surface area contributed by atoms with Crippen molar-refractivity contribution in [3.8, 4) is 0 Å². The molecule has 2 aromatic heterocycles. The minimum atomic E-state index is 0.120. The number of carbonyl (C=O) groups is 1. The molecule has 28 heavy (non-hydrogen) atoms. The first kappa shape index (κ1) is 17.4. The van der Waals surface area contributed by atoms with Crippen molar-refractivity contribution < 1.29 is 4.79 Å². The lowest BCUT2D eigenvalue weighted by Gasteiger charge is -2.41. The maximum Gasteiger partial charge on any atom is 0.255 e. The monoisotopic (exact) mass is 374 g/mol. The van der Waals surface area contributed by atoms with Crippen molar-refractivity contribution in [2.24, 2.45) is 11.8 Å². The van der Waals surface area contributed by atoms with E-state index in [-0.39, 0.29) is 5.91 Å². The van der Waals surface area contributed by atoms with Crippen LogP contribution in [-0.2, 0) is 6.54 Å². The summed E-state index contributed by atoms with van der Waals surface area (Å²) in [6.45, 7) is 2.47. The van der Waals surface area contributed by atoms with Gasteiger partial charge in [0.1, 0.15) is 0 Å². The number of benzene rings is 1. The average Bonchev–Trinajstić information content (AvgIpc) is 3.15. The molecule has 5 heteroatoms. The van der Waals surface area contributed by atoms with Gasteiger partial charge in [-0.2, -0.15) is 5.10 Å². The Morgan fingerprint density at radius 2 is 1.86 bits per heavy atom. The summed E-state index contributed by atoms with van der Waals surface area (Å²) in [5.41, 5.74) is 2.69. The predicted molar refractivity (Wildman–Crippen MR) is 109 cm³/mol. The molecular formula is C23H26N4O. The smallest absolute Gasteiger partial charge is 0.255 e. The predicted octanol–water partition coefficient (Wildman–Crippen LogP) is 4.13. The highest BCUT2D eigenvalue weighted by atomic mass is 16.2. The average molecular weight is 374 g/mol. The van der Waals surface area contributed by atoms with E-state index in [1.807, 2.05) is 40.0 Å². The normalized spacial score (nSPS) is 22.2. The van der Waals surface area contributed by atoms with Crippen molar-refractivity contribution in [2.45, 2.75) is 38.6 Å². The molecule has 5 nitrogen and oxygen atoms in total. The molecule has 0 bridgehead atoms. The van der Waals surface area contributed by atoms with Crippen molar-refractivity contribution in [1.82, 2.24) is 19.7 Å². The number of hydrogen-bond donors (Lipinski definition) is 0. The van der Waals surface area contributed by atoms with Gasteiger partial charge in [-0.15, -0.1) is 0 Å². The van der Waals surface area contributed by atoms with Gasteiger partial charge in [0.2, 0.25) is 0 Å². The van der Waals surface area contributed by atoms with Crippen LogP contribution in [0.25, 0.3) is 11.0 Å². The van der Waals surface area contributed by atoms with Crippen molar-refractivity contribution in [3.63, 3.8) is 0 Å². The molecule has 1 saturated heterocycles. The second kappa shape index (κ2) is 7.38. The van der Waals surface area contributed by atoms with Gasteiger partial charge in [0.15, 0.2) is 5.65 Å². The van der Waals surface area contributed by atoms with E-state index in [1.165, 1.54) is 31.2 Å². The number of piperidine rings is 1. The number of carbonyl (C=O) groups excluding carboxylic acids is 1. The Bertz CT molecular complexity index is 981. The van der Waals surface area contributed by atoms with Gasteiger partial charge in [-0.3, -0.25) is 4.79 Å². The van der Waals surface area contributed by atoms with E-state index in [9.17, 15) is 4.79 Å². The third kappa shape index (κ3) is 3.30. The molecule has 1 aliphatic heterocycles. The van der Waals surface area contributed by atoms with Crippen LogP contribution in [0.5, 0.6) is 0 Å². The fourth-order valence-corrected chi connectivity index (χ4v) is 4.93. The molecule has 0 N–H and O–H groups in total. The van der Waals surface area contributed by atoms with E-state index in [2.05, 4.69) is 22.2 Å². The molecule has 1 amide bonds. The Balaban J connectivity index is 1.34. The number of nitrogens with zero attached hydrogens (tertiary/aromatic N) is 4. The lowest BCUT2D eigenvalue weighted by atomic mass is 9.75. The van der Waals surface area contributed by atoms with Gasteiger partial charge >= 0.3 is 0 Å². The summed E-state index contributed by atoms with van der Waals surface area (Å²) in [6, 6.07) is 12.2. The van der Waals surface area contributed by atoms with E-state index < -0.39 is 0 Å². The van der Waals surface area contributed by atoms with Gasteiger partial charge in [0.05, 0.1) is 18.3 Å². The van der Waals surface area contributed by atoms with Gasteiger partial charge in [0, 0.05) is 24.7 Å². The molecule has 3 heterocycles. The number of aromatic nitrogens is 3. The zero-order valence-corrected chi connectivity index (χ0v) is 16.1. The lowest BCUT2D eigenvalue weighted by molar-refractivity contribution is 0.0520. The molecule has 0 spiro atoms. The van der Waals surface area contributed by atoms with E-state index >= 15 is 0 Å². The van der Waals surface area contributed by atoms with Gasteiger partial charge < -0.3 is 4.90 Å². The first-order valence-corrected chi connectivity index (χ1v) is 10.4. The highest BCUT2D eigenvalue weighted by Gasteiger charge is 2.33. The molecule has 144 valence electrons. The minimum absolute atomic E-state index is 0.120. The summed E-state index contributed by atoms with van der Waals surface area (Å²) in [5, 5.41) is 5.41. The fraction of sp³-hybridized carbons (Fsp3) is 0.435. The Morgan fingerprint density at radius 3 is 2.71 bits per heavy atom. The second-order valence-corrected chi connectivity index (χ2v) is 8.27. The number of likely N-dealkylation sites (tertiary alicyclic amines) is 1. The molecule has 0 radical (unpaired) electrons. The van der Waals surface area contributed by atoms with Crippen molar-refractivity contribution >= 4 is 16.9 Å². The molecule has 5 rings (SSSR count). The summed E-state index contributed by atoms with van der Waals surface area (Å²) >= 11 is 0. The van der Waals surface area contributed by atoms with Gasteiger partial charge in [-0.05, 0) is 36.3 Å². The molecule has 2 atom stereocenters. The maximum absolute atomic E-state index is 13.1. The zero-order chi connectivity index (χ0) is 18.9. The van der Waals surface area contributed by atoms with E-state index in [1.54, 1.807) is 6.20 Å². The maximum atomic E-state index is 13.1. The Kier molecular flexibility index (Phi) is 4.59. The first-order valence-electron chi connectivity index (χ1n) is 10.4. The van der Waals surface area contributed by atoms with Crippen molar-refractivity contribution in [1.29, 1.82) is 0 Å². The molecule has 3 aromatic rings. The van der Waals surface area contributed by atoms with Crippen LogP contribution in [-0.4, -0.2) is 38.7 Å². The SMILES string of the molecule is O=C(c1cnc2c(cnn2Cc2ccccc2)c1)N1CC[C@H]2CCCC[C@H]2C1. The Hall–Kier alpha value is -2.69. The number of pyridine rings is 1. The van der Waals surface area contributed by atoms with Gasteiger partial charge in [-0.1, -0.05) is 49.6 Å². The van der Waals surface area contributed by atoms with Crippen molar-refractivity contribution in [2.75, 3.05) is 13.1 Å². The van der Waals surface area contributed by atoms with E-state index in [0.717, 1.165) is 36.5 Å². The molecule has 1 aliphatic carbocycles. The van der Waals surface area contributed by atoms with Gasteiger partial charge in [-0.25, -0.2) is 9.67 Å². The number of rotatable bonds is 3. The van der Waals surface area contributed by atoms with E-state index in [4.69, 9.17) is 0 Å². The number of hydrogen-bond acceptors (Lipinski definition) is 3. The molecule has 0 unspecified atom stereocenters. The largest absolute Gasteiger partial charge is 0.338 e. The summed E-state index contributed by atoms with van der Waals surface area (Å²) < 4.78 is 1.90.